The summed E-state index contributed by atoms with van der Waals surface area (Å²) in [6.45, 7) is 5.27. The minimum atomic E-state index is -0.800. The summed E-state index contributed by atoms with van der Waals surface area (Å²) in [4.78, 5) is 0. The van der Waals surface area contributed by atoms with Crippen LogP contribution in [0, 0.1) is 6.92 Å². The van der Waals surface area contributed by atoms with Gasteiger partial charge in [-0.3, -0.25) is 0 Å². The Morgan fingerprint density at radius 1 is 1.33 bits per heavy atom. The van der Waals surface area contributed by atoms with Crippen LogP contribution >= 0.6 is 0 Å². The topological polar surface area (TPSA) is 31.0 Å². The van der Waals surface area contributed by atoms with Gasteiger partial charge in [-0.05, 0) is 25.5 Å². The molecule has 1 saturated heterocycles. The van der Waals surface area contributed by atoms with E-state index < -0.39 is 5.97 Å². The second-order valence-corrected chi connectivity index (χ2v) is 3.74. The SMILES string of the molecule is CCCOC1(Oc2ccc(C)cc2)CO1. The van der Waals surface area contributed by atoms with Gasteiger partial charge in [0.15, 0.2) is 0 Å². The van der Waals surface area contributed by atoms with Crippen LogP contribution in [0.25, 0.3) is 0 Å². The molecule has 0 N–H and O–H groups in total. The number of benzene rings is 1. The Balaban J connectivity index is 1.93. The van der Waals surface area contributed by atoms with Crippen LogP contribution in [0.2, 0.25) is 0 Å². The van der Waals surface area contributed by atoms with Crippen molar-refractivity contribution in [1.82, 2.24) is 0 Å². The van der Waals surface area contributed by atoms with Gasteiger partial charge in [0.1, 0.15) is 12.4 Å². The Hall–Kier alpha value is -1.06. The van der Waals surface area contributed by atoms with Gasteiger partial charge in [-0.1, -0.05) is 24.6 Å². The minimum absolute atomic E-state index is 0.515. The van der Waals surface area contributed by atoms with Crippen molar-refractivity contribution in [2.24, 2.45) is 0 Å². The predicted octanol–water partition coefficient (Wildman–Crippen LogP) is 2.48. The molecular formula is C12H16O3. The molecule has 15 heavy (non-hydrogen) atoms. The lowest BCUT2D eigenvalue weighted by Crippen LogP contribution is -2.24. The van der Waals surface area contributed by atoms with Gasteiger partial charge >= 0.3 is 5.97 Å². The van der Waals surface area contributed by atoms with Gasteiger partial charge in [0, 0.05) is 0 Å². The van der Waals surface area contributed by atoms with E-state index in [4.69, 9.17) is 14.2 Å². The molecule has 2 rings (SSSR count). The first-order valence-electron chi connectivity index (χ1n) is 5.28. The van der Waals surface area contributed by atoms with Crippen LogP contribution in [0.1, 0.15) is 18.9 Å². The molecule has 1 aliphatic heterocycles. The lowest BCUT2D eigenvalue weighted by Gasteiger charge is -2.14. The molecule has 0 aromatic heterocycles. The smallest absolute Gasteiger partial charge is 0.352 e. The maximum atomic E-state index is 5.63. The van der Waals surface area contributed by atoms with Gasteiger partial charge in [0.2, 0.25) is 0 Å². The Morgan fingerprint density at radius 2 is 2.00 bits per heavy atom. The van der Waals surface area contributed by atoms with Crippen molar-refractivity contribution in [2.75, 3.05) is 13.2 Å². The molecule has 82 valence electrons. The van der Waals surface area contributed by atoms with Crippen molar-refractivity contribution in [3.05, 3.63) is 29.8 Å². The lowest BCUT2D eigenvalue weighted by atomic mass is 10.2. The maximum Gasteiger partial charge on any atom is 0.352 e. The molecule has 0 aliphatic carbocycles. The summed E-state index contributed by atoms with van der Waals surface area (Å²) in [5.41, 5.74) is 1.21. The maximum absolute atomic E-state index is 5.63. The van der Waals surface area contributed by atoms with Crippen molar-refractivity contribution in [3.8, 4) is 5.75 Å². The van der Waals surface area contributed by atoms with E-state index in [1.54, 1.807) is 0 Å². The fourth-order valence-electron chi connectivity index (χ4n) is 1.27. The highest BCUT2D eigenvalue weighted by Gasteiger charge is 2.50. The quantitative estimate of drug-likeness (QED) is 0.550. The van der Waals surface area contributed by atoms with Crippen LogP contribution in [-0.4, -0.2) is 19.2 Å². The molecule has 1 aromatic rings. The fraction of sp³-hybridized carbons (Fsp3) is 0.500. The summed E-state index contributed by atoms with van der Waals surface area (Å²) in [5.74, 6) is -0.0140. The molecule has 1 fully saturated rings. The molecule has 0 saturated carbocycles. The number of epoxide rings is 1. The fourth-order valence-corrected chi connectivity index (χ4v) is 1.27. The summed E-state index contributed by atoms with van der Waals surface area (Å²) in [5, 5.41) is 0. The van der Waals surface area contributed by atoms with Gasteiger partial charge < -0.3 is 14.2 Å². The monoisotopic (exact) mass is 208 g/mol. The zero-order valence-electron chi connectivity index (χ0n) is 9.16. The molecule has 0 bridgehead atoms. The van der Waals surface area contributed by atoms with E-state index in [1.807, 2.05) is 31.2 Å². The van der Waals surface area contributed by atoms with Crippen LogP contribution in [0.15, 0.2) is 24.3 Å². The normalized spacial score (nSPS) is 23.9. The third-order valence-electron chi connectivity index (χ3n) is 2.20. The highest BCUT2D eigenvalue weighted by Crippen LogP contribution is 2.32. The van der Waals surface area contributed by atoms with E-state index in [0.29, 0.717) is 13.2 Å². The zero-order chi connectivity index (χ0) is 10.7. The van der Waals surface area contributed by atoms with Gasteiger partial charge in [0.25, 0.3) is 0 Å². The second-order valence-electron chi connectivity index (χ2n) is 3.74. The van der Waals surface area contributed by atoms with Crippen molar-refractivity contribution in [1.29, 1.82) is 0 Å². The highest BCUT2D eigenvalue weighted by molar-refractivity contribution is 5.26. The van der Waals surface area contributed by atoms with E-state index in [9.17, 15) is 0 Å². The lowest BCUT2D eigenvalue weighted by molar-refractivity contribution is -0.173. The van der Waals surface area contributed by atoms with E-state index in [0.717, 1.165) is 12.2 Å². The molecule has 1 unspecified atom stereocenters. The Morgan fingerprint density at radius 3 is 2.53 bits per heavy atom. The van der Waals surface area contributed by atoms with Crippen LogP contribution in [0.5, 0.6) is 5.75 Å². The molecular weight excluding hydrogens is 192 g/mol. The molecule has 3 nitrogen and oxygen atoms in total. The highest BCUT2D eigenvalue weighted by atomic mass is 16.9. The number of aryl methyl sites for hydroxylation is 1. The molecule has 1 aromatic carbocycles. The van der Waals surface area contributed by atoms with Gasteiger partial charge in [-0.15, -0.1) is 0 Å². The van der Waals surface area contributed by atoms with Crippen molar-refractivity contribution < 1.29 is 14.2 Å². The molecule has 1 atom stereocenters. The summed E-state index contributed by atoms with van der Waals surface area (Å²) in [6, 6.07) is 7.86. The number of hydrogen-bond acceptors (Lipinski definition) is 3. The number of rotatable bonds is 5. The van der Waals surface area contributed by atoms with E-state index in [2.05, 4.69) is 6.92 Å². The molecule has 0 radical (unpaired) electrons. The summed E-state index contributed by atoms with van der Waals surface area (Å²) < 4.78 is 16.3. The first kappa shape index (κ1) is 10.5. The van der Waals surface area contributed by atoms with Crippen LogP contribution < -0.4 is 4.74 Å². The summed E-state index contributed by atoms with van der Waals surface area (Å²) in [7, 11) is 0. The van der Waals surface area contributed by atoms with Crippen LogP contribution in [-0.2, 0) is 9.47 Å². The molecule has 1 aliphatic rings. The standard InChI is InChI=1S/C12H16O3/c1-3-8-13-12(9-14-12)15-11-6-4-10(2)5-7-11/h4-7H,3,8-9H2,1-2H3. The molecule has 0 spiro atoms. The minimum Gasteiger partial charge on any atom is -0.437 e. The Labute approximate surface area is 90.0 Å². The third kappa shape index (κ3) is 2.70. The second kappa shape index (κ2) is 4.21. The van der Waals surface area contributed by atoms with Crippen LogP contribution in [0.4, 0.5) is 0 Å². The van der Waals surface area contributed by atoms with E-state index in [-0.39, 0.29) is 0 Å². The van der Waals surface area contributed by atoms with E-state index >= 15 is 0 Å². The predicted molar refractivity (Wildman–Crippen MR) is 56.7 cm³/mol. The average molecular weight is 208 g/mol. The number of hydrogen-bond donors (Lipinski definition) is 0. The molecule has 0 amide bonds. The Bertz CT molecular complexity index is 314. The van der Waals surface area contributed by atoms with Gasteiger partial charge in [0.05, 0.1) is 6.61 Å². The number of ether oxygens (including phenoxy) is 3. The van der Waals surface area contributed by atoms with Crippen molar-refractivity contribution >= 4 is 0 Å². The molecule has 3 heteroatoms. The van der Waals surface area contributed by atoms with Crippen molar-refractivity contribution in [2.45, 2.75) is 26.2 Å². The van der Waals surface area contributed by atoms with Gasteiger partial charge in [-0.2, -0.15) is 0 Å². The summed E-state index contributed by atoms with van der Waals surface area (Å²) >= 11 is 0. The van der Waals surface area contributed by atoms with Crippen LogP contribution in [0.3, 0.4) is 0 Å². The first-order chi connectivity index (χ1) is 7.24. The van der Waals surface area contributed by atoms with E-state index in [1.165, 1.54) is 5.56 Å². The first-order valence-corrected chi connectivity index (χ1v) is 5.28. The van der Waals surface area contributed by atoms with Crippen molar-refractivity contribution in [3.63, 3.8) is 0 Å². The largest absolute Gasteiger partial charge is 0.437 e. The summed E-state index contributed by atoms with van der Waals surface area (Å²) in [6.07, 6.45) is 0.961. The van der Waals surface area contributed by atoms with Gasteiger partial charge in [-0.25, -0.2) is 0 Å². The molecule has 1 heterocycles. The zero-order valence-corrected chi connectivity index (χ0v) is 9.16. The average Bonchev–Trinajstić information content (AvgIpc) is 3.00. The Kier molecular flexibility index (Phi) is 2.93. The third-order valence-corrected chi connectivity index (χ3v) is 2.20.